The second-order valence-corrected chi connectivity index (χ2v) is 9.02. The Bertz CT molecular complexity index is 1060. The lowest BCUT2D eigenvalue weighted by Crippen LogP contribution is -2.46. The Balaban J connectivity index is 1.52. The molecule has 162 valence electrons. The van der Waals surface area contributed by atoms with E-state index in [-0.39, 0.29) is 36.0 Å². The van der Waals surface area contributed by atoms with Gasteiger partial charge in [0.1, 0.15) is 0 Å². The minimum Gasteiger partial charge on any atom is -0.396 e. The van der Waals surface area contributed by atoms with Crippen molar-refractivity contribution in [2.75, 3.05) is 18.5 Å². The topological polar surface area (TPSA) is 74.6 Å². The predicted molar refractivity (Wildman–Crippen MR) is 121 cm³/mol. The van der Waals surface area contributed by atoms with Crippen LogP contribution in [-0.4, -0.2) is 39.7 Å². The average molecular weight is 420 g/mol. The van der Waals surface area contributed by atoms with Gasteiger partial charge >= 0.3 is 0 Å². The number of anilines is 1. The third-order valence-electron chi connectivity index (χ3n) is 7.04. The molecule has 0 unspecified atom stereocenters. The Morgan fingerprint density at radius 2 is 1.97 bits per heavy atom. The summed E-state index contributed by atoms with van der Waals surface area (Å²) in [6.45, 7) is 3.21. The van der Waals surface area contributed by atoms with Gasteiger partial charge in [0.05, 0.1) is 12.1 Å². The van der Waals surface area contributed by atoms with Gasteiger partial charge in [-0.2, -0.15) is 0 Å². The molecule has 1 saturated carbocycles. The van der Waals surface area contributed by atoms with Crippen LogP contribution >= 0.6 is 0 Å². The molecule has 3 aliphatic rings. The van der Waals surface area contributed by atoms with Crippen LogP contribution in [-0.2, 0) is 11.3 Å². The van der Waals surface area contributed by atoms with Crippen LogP contribution < -0.4 is 10.9 Å². The summed E-state index contributed by atoms with van der Waals surface area (Å²) in [5, 5.41) is 13.4. The number of pyridine rings is 1. The second kappa shape index (κ2) is 8.09. The Morgan fingerprint density at radius 1 is 1.19 bits per heavy atom. The van der Waals surface area contributed by atoms with E-state index in [9.17, 15) is 14.7 Å². The van der Waals surface area contributed by atoms with Gasteiger partial charge in [-0.25, -0.2) is 0 Å². The molecule has 2 aromatic rings. The molecule has 0 bridgehead atoms. The van der Waals surface area contributed by atoms with Crippen molar-refractivity contribution in [1.82, 2.24) is 9.47 Å². The molecule has 3 heterocycles. The third-order valence-corrected chi connectivity index (χ3v) is 7.04. The molecule has 2 aliphatic heterocycles. The fourth-order valence-corrected chi connectivity index (χ4v) is 5.47. The number of aliphatic hydroxyl groups excluding tert-OH is 1. The molecule has 6 heteroatoms. The van der Waals surface area contributed by atoms with E-state index in [2.05, 4.69) is 10.2 Å². The van der Waals surface area contributed by atoms with E-state index >= 15 is 0 Å². The highest BCUT2D eigenvalue weighted by Gasteiger charge is 2.56. The Hall–Kier alpha value is -2.70. The standard InChI is InChI=1S/C25H29N3O3/c1-2-6-17-11-12-21-22-19(14-27(21)25(17)31)20(15-29)23(28(22)13-16-9-10-16)24(30)26-18-7-4-3-5-8-18/h2-8,11-12,16,19-20,22-23,29H,9-10,13-15H2,1H3,(H,26,30)/b6-2+/t19-,20-,22+,23-/m0/s1. The number of para-hydroxylation sites is 1. The highest BCUT2D eigenvalue weighted by atomic mass is 16.3. The lowest BCUT2D eigenvalue weighted by Gasteiger charge is -2.30. The van der Waals surface area contributed by atoms with Crippen molar-refractivity contribution in [1.29, 1.82) is 0 Å². The van der Waals surface area contributed by atoms with Crippen molar-refractivity contribution in [3.05, 3.63) is 70.2 Å². The van der Waals surface area contributed by atoms with Crippen LogP contribution in [0.25, 0.3) is 6.08 Å². The van der Waals surface area contributed by atoms with Crippen LogP contribution in [0, 0.1) is 17.8 Å². The highest BCUT2D eigenvalue weighted by Crippen LogP contribution is 2.50. The molecule has 0 spiro atoms. The largest absolute Gasteiger partial charge is 0.396 e. The number of carbonyl (C=O) groups excluding carboxylic acids is 1. The minimum absolute atomic E-state index is 0.0124. The van der Waals surface area contributed by atoms with Gasteiger partial charge in [0.25, 0.3) is 5.56 Å². The van der Waals surface area contributed by atoms with Crippen LogP contribution in [0.2, 0.25) is 0 Å². The molecule has 1 aromatic heterocycles. The quantitative estimate of drug-likeness (QED) is 0.755. The van der Waals surface area contributed by atoms with Crippen molar-refractivity contribution < 1.29 is 9.90 Å². The number of likely N-dealkylation sites (tertiary alicyclic amines) is 1. The Morgan fingerprint density at radius 3 is 2.65 bits per heavy atom. The summed E-state index contributed by atoms with van der Waals surface area (Å²) < 4.78 is 1.86. The number of nitrogens with zero attached hydrogens (tertiary/aromatic N) is 2. The van der Waals surface area contributed by atoms with Gasteiger partial charge in [-0.15, -0.1) is 0 Å². The van der Waals surface area contributed by atoms with Crippen LogP contribution in [0.1, 0.15) is 37.1 Å². The smallest absolute Gasteiger partial charge is 0.258 e. The molecule has 1 aromatic carbocycles. The lowest BCUT2D eigenvalue weighted by atomic mass is 9.88. The van der Waals surface area contributed by atoms with Crippen LogP contribution in [0.15, 0.2) is 53.3 Å². The van der Waals surface area contributed by atoms with Crippen LogP contribution in [0.5, 0.6) is 0 Å². The summed E-state index contributed by atoms with van der Waals surface area (Å²) in [7, 11) is 0. The predicted octanol–water partition coefficient (Wildman–Crippen LogP) is 2.89. The fourth-order valence-electron chi connectivity index (χ4n) is 5.47. The normalized spacial score (nSPS) is 27.4. The van der Waals surface area contributed by atoms with Gasteiger partial charge in [-0.05, 0) is 49.9 Å². The molecular weight excluding hydrogens is 390 g/mol. The lowest BCUT2D eigenvalue weighted by molar-refractivity contribution is -0.122. The summed E-state index contributed by atoms with van der Waals surface area (Å²) >= 11 is 0. The molecule has 4 atom stereocenters. The number of rotatable bonds is 6. The maximum Gasteiger partial charge on any atom is 0.258 e. The van der Waals surface area contributed by atoms with E-state index in [1.807, 2.05) is 66.1 Å². The van der Waals surface area contributed by atoms with Crippen LogP contribution in [0.4, 0.5) is 5.69 Å². The zero-order valence-electron chi connectivity index (χ0n) is 17.8. The summed E-state index contributed by atoms with van der Waals surface area (Å²) in [5.41, 5.74) is 2.43. The van der Waals surface area contributed by atoms with E-state index in [0.29, 0.717) is 18.0 Å². The summed E-state index contributed by atoms with van der Waals surface area (Å²) in [5.74, 6) is 0.355. The molecule has 1 aliphatic carbocycles. The summed E-state index contributed by atoms with van der Waals surface area (Å²) in [4.78, 5) is 28.7. The van der Waals surface area contributed by atoms with Crippen molar-refractivity contribution in [2.24, 2.45) is 17.8 Å². The first-order chi connectivity index (χ1) is 15.1. The molecule has 1 saturated heterocycles. The minimum atomic E-state index is -0.403. The van der Waals surface area contributed by atoms with Gasteiger partial charge < -0.3 is 15.0 Å². The van der Waals surface area contributed by atoms with E-state index in [1.165, 1.54) is 12.8 Å². The van der Waals surface area contributed by atoms with Gasteiger partial charge in [0.15, 0.2) is 0 Å². The van der Waals surface area contributed by atoms with Gasteiger partial charge in [0, 0.05) is 48.5 Å². The highest BCUT2D eigenvalue weighted by molar-refractivity contribution is 5.95. The number of allylic oxidation sites excluding steroid dienone is 1. The molecule has 5 rings (SSSR count). The zero-order chi connectivity index (χ0) is 21.5. The number of amides is 1. The molecule has 31 heavy (non-hydrogen) atoms. The fraction of sp³-hybridized carbons (Fsp3) is 0.440. The number of carbonyl (C=O) groups is 1. The van der Waals surface area contributed by atoms with Gasteiger partial charge in [-0.3, -0.25) is 14.5 Å². The molecular formula is C25H29N3O3. The number of fused-ring (bicyclic) bond motifs is 3. The van der Waals surface area contributed by atoms with Crippen LogP contribution in [0.3, 0.4) is 0 Å². The van der Waals surface area contributed by atoms with E-state index in [4.69, 9.17) is 0 Å². The Labute approximate surface area is 182 Å². The maximum absolute atomic E-state index is 13.4. The SMILES string of the molecule is C/C=C/c1ccc2n(c1=O)C[C@H]1[C@H](CO)[C@@H](C(=O)Nc3ccccc3)N(CC3CC3)[C@@H]21. The van der Waals surface area contributed by atoms with Gasteiger partial charge in [0.2, 0.25) is 5.91 Å². The maximum atomic E-state index is 13.4. The summed E-state index contributed by atoms with van der Waals surface area (Å²) in [6.07, 6.45) is 6.07. The first kappa shape index (κ1) is 20.2. The number of nitrogens with one attached hydrogen (secondary N) is 1. The van der Waals surface area contributed by atoms with Crippen molar-refractivity contribution >= 4 is 17.7 Å². The Kier molecular flexibility index (Phi) is 5.28. The molecule has 2 N–H and O–H groups in total. The van der Waals surface area contributed by atoms with E-state index in [1.54, 1.807) is 0 Å². The van der Waals surface area contributed by atoms with Gasteiger partial charge in [-0.1, -0.05) is 30.4 Å². The number of aliphatic hydroxyl groups is 1. The number of hydrogen-bond donors (Lipinski definition) is 2. The molecule has 2 fully saturated rings. The van der Waals surface area contributed by atoms with E-state index < -0.39 is 6.04 Å². The summed E-state index contributed by atoms with van der Waals surface area (Å²) in [6, 6.07) is 13.0. The molecule has 0 radical (unpaired) electrons. The average Bonchev–Trinajstić information content (AvgIpc) is 3.43. The first-order valence-electron chi connectivity index (χ1n) is 11.2. The molecule has 1 amide bonds. The van der Waals surface area contributed by atoms with Crippen molar-refractivity contribution in [3.63, 3.8) is 0 Å². The van der Waals surface area contributed by atoms with E-state index in [0.717, 1.165) is 17.9 Å². The number of aromatic nitrogens is 1. The monoisotopic (exact) mass is 419 g/mol. The molecule has 6 nitrogen and oxygen atoms in total. The van der Waals surface area contributed by atoms with Crippen molar-refractivity contribution in [2.45, 2.75) is 38.4 Å². The zero-order valence-corrected chi connectivity index (χ0v) is 17.8. The second-order valence-electron chi connectivity index (χ2n) is 9.02. The third kappa shape index (κ3) is 3.54. The van der Waals surface area contributed by atoms with Crippen molar-refractivity contribution in [3.8, 4) is 0 Å². The number of benzene rings is 1. The first-order valence-corrected chi connectivity index (χ1v) is 11.2. The number of hydrogen-bond acceptors (Lipinski definition) is 4.